The van der Waals surface area contributed by atoms with E-state index in [0.29, 0.717) is 79.0 Å². The summed E-state index contributed by atoms with van der Waals surface area (Å²) in [6.45, 7) is 3.27. The first-order valence-electron chi connectivity index (χ1n) is 11.0. The van der Waals surface area contributed by atoms with E-state index in [1.54, 1.807) is 29.3 Å². The Hall–Kier alpha value is -3.88. The van der Waals surface area contributed by atoms with E-state index >= 15 is 0 Å². The molecule has 1 aromatic carbocycles. The predicted octanol–water partition coefficient (Wildman–Crippen LogP) is 2.22. The number of rotatable bonds is 6. The van der Waals surface area contributed by atoms with Crippen molar-refractivity contribution in [3.05, 3.63) is 35.5 Å². The number of hydrogen-bond donors (Lipinski definition) is 2. The maximum atomic E-state index is 12.8. The number of ether oxygens (including phenoxy) is 4. The molecule has 0 radical (unpaired) electrons. The summed E-state index contributed by atoms with van der Waals surface area (Å²) in [6.07, 6.45) is 2.17. The van der Waals surface area contributed by atoms with Crippen LogP contribution in [-0.2, 0) is 9.47 Å². The molecule has 11 heteroatoms. The third kappa shape index (κ3) is 4.33. The number of carbonyl (C=O) groups excluding carboxylic acids is 1. The van der Waals surface area contributed by atoms with E-state index in [0.717, 1.165) is 6.42 Å². The van der Waals surface area contributed by atoms with Crippen molar-refractivity contribution >= 4 is 28.6 Å². The van der Waals surface area contributed by atoms with Gasteiger partial charge in [-0.15, -0.1) is 0 Å². The lowest BCUT2D eigenvalue weighted by atomic mass is 10.1. The second kappa shape index (κ2) is 9.54. The highest BCUT2D eigenvalue weighted by Gasteiger charge is 2.23. The highest BCUT2D eigenvalue weighted by atomic mass is 16.5. The number of nitrogens with zero attached hydrogens (tertiary/aromatic N) is 4. The van der Waals surface area contributed by atoms with Crippen molar-refractivity contribution in [2.24, 2.45) is 0 Å². The largest absolute Gasteiger partial charge is 0.495 e. The van der Waals surface area contributed by atoms with Crippen LogP contribution in [-0.4, -0.2) is 78.5 Å². The van der Waals surface area contributed by atoms with E-state index in [2.05, 4.69) is 26.3 Å². The Kier molecular flexibility index (Phi) is 6.16. The Morgan fingerprint density at radius 3 is 2.85 bits per heavy atom. The Labute approximate surface area is 195 Å². The zero-order chi connectivity index (χ0) is 23.5. The van der Waals surface area contributed by atoms with Gasteiger partial charge in [0.05, 0.1) is 50.2 Å². The van der Waals surface area contributed by atoms with Gasteiger partial charge in [-0.2, -0.15) is 15.2 Å². The van der Waals surface area contributed by atoms with E-state index < -0.39 is 0 Å². The summed E-state index contributed by atoms with van der Waals surface area (Å²) in [5, 5.41) is 13.1. The standard InChI is InChI=1S/C23H24N6O5/c1-31-18-10-14(22(30)29-5-8-32-9-6-29)2-3-17(18)26-23-27-20-19(15(11-24)12-25-20)21(28-23)34-16-4-7-33-13-16/h2-3,10,12,16H,4-9,13H2,1H3,(H2,25,26,27,28)/t16-/m1/s1. The minimum atomic E-state index is -0.146. The molecule has 0 aliphatic carbocycles. The van der Waals surface area contributed by atoms with Gasteiger partial charge in [0.25, 0.3) is 5.91 Å². The van der Waals surface area contributed by atoms with Gasteiger partial charge < -0.3 is 34.1 Å². The molecule has 11 nitrogen and oxygen atoms in total. The molecular weight excluding hydrogens is 440 g/mol. The monoisotopic (exact) mass is 464 g/mol. The van der Waals surface area contributed by atoms with Crippen molar-refractivity contribution in [1.29, 1.82) is 5.26 Å². The van der Waals surface area contributed by atoms with E-state index in [4.69, 9.17) is 18.9 Å². The number of hydrogen-bond acceptors (Lipinski definition) is 9. The molecular formula is C23H24N6O5. The molecule has 2 N–H and O–H groups in total. The first-order chi connectivity index (χ1) is 16.7. The van der Waals surface area contributed by atoms with E-state index in [9.17, 15) is 10.1 Å². The zero-order valence-electron chi connectivity index (χ0n) is 18.7. The smallest absolute Gasteiger partial charge is 0.254 e. The first-order valence-corrected chi connectivity index (χ1v) is 11.0. The normalized spacial score (nSPS) is 18.0. The molecule has 0 bridgehead atoms. The summed E-state index contributed by atoms with van der Waals surface area (Å²) in [5.74, 6) is 0.964. The van der Waals surface area contributed by atoms with Crippen molar-refractivity contribution in [3.63, 3.8) is 0 Å². The number of aromatic amines is 1. The number of amides is 1. The van der Waals surface area contributed by atoms with E-state index in [1.165, 1.54) is 7.11 Å². The lowest BCUT2D eigenvalue weighted by Gasteiger charge is -2.27. The molecule has 2 fully saturated rings. The number of morpholine rings is 1. The van der Waals surface area contributed by atoms with Crippen molar-refractivity contribution in [2.45, 2.75) is 12.5 Å². The lowest BCUT2D eigenvalue weighted by Crippen LogP contribution is -2.40. The van der Waals surface area contributed by atoms with Gasteiger partial charge in [0, 0.05) is 31.3 Å². The summed E-state index contributed by atoms with van der Waals surface area (Å²) in [5.41, 5.74) is 1.98. The first kappa shape index (κ1) is 21.9. The molecule has 2 aliphatic heterocycles. The fourth-order valence-corrected chi connectivity index (χ4v) is 3.99. The Morgan fingerprint density at radius 1 is 1.26 bits per heavy atom. The maximum absolute atomic E-state index is 12.8. The van der Waals surface area contributed by atoms with Crippen molar-refractivity contribution in [1.82, 2.24) is 19.9 Å². The fourth-order valence-electron chi connectivity index (χ4n) is 3.99. The summed E-state index contributed by atoms with van der Waals surface area (Å²) in [7, 11) is 1.53. The van der Waals surface area contributed by atoms with Gasteiger partial charge in [-0.3, -0.25) is 4.79 Å². The average Bonchev–Trinajstić information content (AvgIpc) is 3.54. The topological polar surface area (TPSA) is 135 Å². The Morgan fingerprint density at radius 2 is 2.12 bits per heavy atom. The number of benzene rings is 1. The number of H-pyrrole nitrogens is 1. The molecule has 2 aliphatic rings. The van der Waals surface area contributed by atoms with Crippen molar-refractivity contribution in [3.8, 4) is 17.7 Å². The molecule has 2 aromatic heterocycles. The molecule has 0 saturated carbocycles. The highest BCUT2D eigenvalue weighted by molar-refractivity contribution is 5.95. The van der Waals surface area contributed by atoms with Crippen LogP contribution in [0.4, 0.5) is 11.6 Å². The fraction of sp³-hybridized carbons (Fsp3) is 0.391. The van der Waals surface area contributed by atoms with Crippen LogP contribution < -0.4 is 14.8 Å². The van der Waals surface area contributed by atoms with Gasteiger partial charge in [0.2, 0.25) is 11.8 Å². The van der Waals surface area contributed by atoms with Crippen molar-refractivity contribution < 1.29 is 23.7 Å². The van der Waals surface area contributed by atoms with E-state index in [1.807, 2.05) is 0 Å². The SMILES string of the molecule is COc1cc(C(=O)N2CCOCC2)ccc1Nc1nc(O[C@@H]2CCOC2)c2c(C#N)c[nH]c2n1. The summed E-state index contributed by atoms with van der Waals surface area (Å²) in [6, 6.07) is 7.31. The molecule has 3 aromatic rings. The molecule has 0 unspecified atom stereocenters. The van der Waals surface area contributed by atoms with Crippen LogP contribution in [0.25, 0.3) is 11.0 Å². The van der Waals surface area contributed by atoms with Crippen LogP contribution in [0.5, 0.6) is 11.6 Å². The quantitative estimate of drug-likeness (QED) is 0.563. The molecule has 5 rings (SSSR count). The second-order valence-electron chi connectivity index (χ2n) is 7.94. The van der Waals surface area contributed by atoms with Crippen LogP contribution in [0.15, 0.2) is 24.4 Å². The average molecular weight is 464 g/mol. The molecule has 34 heavy (non-hydrogen) atoms. The molecule has 1 amide bonds. The van der Waals surface area contributed by atoms with Gasteiger partial charge in [-0.05, 0) is 18.2 Å². The lowest BCUT2D eigenvalue weighted by molar-refractivity contribution is 0.0302. The molecule has 176 valence electrons. The predicted molar refractivity (Wildman–Crippen MR) is 121 cm³/mol. The van der Waals surface area contributed by atoms with Crippen LogP contribution in [0, 0.1) is 11.3 Å². The van der Waals surface area contributed by atoms with Crippen LogP contribution in [0.1, 0.15) is 22.3 Å². The molecule has 2 saturated heterocycles. The van der Waals surface area contributed by atoms with Crippen LogP contribution in [0.3, 0.4) is 0 Å². The number of nitriles is 1. The second-order valence-corrected chi connectivity index (χ2v) is 7.94. The maximum Gasteiger partial charge on any atom is 0.254 e. The number of methoxy groups -OCH3 is 1. The van der Waals surface area contributed by atoms with Crippen molar-refractivity contribution in [2.75, 3.05) is 51.9 Å². The minimum absolute atomic E-state index is 0.0734. The zero-order valence-corrected chi connectivity index (χ0v) is 18.7. The van der Waals surface area contributed by atoms with Crippen LogP contribution in [0.2, 0.25) is 0 Å². The van der Waals surface area contributed by atoms with Gasteiger partial charge in [-0.25, -0.2) is 0 Å². The van der Waals surface area contributed by atoms with Gasteiger partial charge in [0.1, 0.15) is 23.6 Å². The number of anilines is 2. The number of aromatic nitrogens is 3. The van der Waals surface area contributed by atoms with Gasteiger partial charge in [0.15, 0.2) is 0 Å². The molecule has 0 spiro atoms. The Bertz CT molecular complexity index is 1240. The van der Waals surface area contributed by atoms with Gasteiger partial charge in [-0.1, -0.05) is 0 Å². The van der Waals surface area contributed by atoms with E-state index in [-0.39, 0.29) is 18.0 Å². The van der Waals surface area contributed by atoms with Gasteiger partial charge >= 0.3 is 0 Å². The number of carbonyl (C=O) groups is 1. The number of fused-ring (bicyclic) bond motifs is 1. The van der Waals surface area contributed by atoms with Crippen LogP contribution >= 0.6 is 0 Å². The highest BCUT2D eigenvalue weighted by Crippen LogP contribution is 2.32. The molecule has 1 atom stereocenters. The third-order valence-electron chi connectivity index (χ3n) is 5.78. The molecule has 4 heterocycles. The number of nitrogens with one attached hydrogen (secondary N) is 2. The summed E-state index contributed by atoms with van der Waals surface area (Å²) < 4.78 is 22.3. The minimum Gasteiger partial charge on any atom is -0.495 e. The summed E-state index contributed by atoms with van der Waals surface area (Å²) >= 11 is 0. The third-order valence-corrected chi connectivity index (χ3v) is 5.78. The Balaban J connectivity index is 1.44. The summed E-state index contributed by atoms with van der Waals surface area (Å²) in [4.78, 5) is 26.6.